The van der Waals surface area contributed by atoms with E-state index in [-0.39, 0.29) is 11.5 Å². The zero-order valence-electron chi connectivity index (χ0n) is 19.2. The maximum absolute atomic E-state index is 6.11. The number of guanidine groups is 1. The van der Waals surface area contributed by atoms with Gasteiger partial charge in [0, 0.05) is 52.3 Å². The summed E-state index contributed by atoms with van der Waals surface area (Å²) in [5.41, 5.74) is 2.78. The van der Waals surface area contributed by atoms with Gasteiger partial charge in [0.1, 0.15) is 0 Å². The molecular weight excluding hydrogens is 376 g/mol. The molecule has 6 nitrogen and oxygen atoms in total. The normalized spacial score (nSPS) is 23.9. The molecule has 2 aliphatic rings. The Labute approximate surface area is 182 Å². The Kier molecular flexibility index (Phi) is 8.54. The van der Waals surface area contributed by atoms with E-state index in [2.05, 4.69) is 65.6 Å². The van der Waals surface area contributed by atoms with Crippen molar-refractivity contribution in [3.63, 3.8) is 0 Å². The van der Waals surface area contributed by atoms with Crippen molar-refractivity contribution in [3.8, 4) is 0 Å². The van der Waals surface area contributed by atoms with E-state index in [0.29, 0.717) is 5.92 Å². The number of nitrogens with zero attached hydrogens (tertiary/aromatic N) is 2. The first-order valence-electron chi connectivity index (χ1n) is 11.4. The van der Waals surface area contributed by atoms with Gasteiger partial charge in [0.2, 0.25) is 0 Å². The van der Waals surface area contributed by atoms with E-state index in [1.807, 2.05) is 7.05 Å². The zero-order chi connectivity index (χ0) is 21.4. The van der Waals surface area contributed by atoms with Gasteiger partial charge in [-0.3, -0.25) is 9.89 Å². The van der Waals surface area contributed by atoms with Crippen LogP contribution >= 0.6 is 0 Å². The van der Waals surface area contributed by atoms with Gasteiger partial charge in [0.05, 0.1) is 19.3 Å². The molecular formula is C24H40N4O2. The number of hydrogen-bond acceptors (Lipinski definition) is 4. The topological polar surface area (TPSA) is 58.1 Å². The maximum atomic E-state index is 6.11. The molecule has 0 aliphatic carbocycles. The molecule has 2 saturated heterocycles. The van der Waals surface area contributed by atoms with Crippen molar-refractivity contribution in [2.75, 3.05) is 46.5 Å². The Hall–Kier alpha value is -1.63. The molecule has 3 rings (SSSR count). The van der Waals surface area contributed by atoms with E-state index in [9.17, 15) is 0 Å². The summed E-state index contributed by atoms with van der Waals surface area (Å²) in [7, 11) is 1.83. The zero-order valence-corrected chi connectivity index (χ0v) is 19.2. The van der Waals surface area contributed by atoms with Crippen molar-refractivity contribution in [3.05, 3.63) is 35.4 Å². The van der Waals surface area contributed by atoms with Crippen LogP contribution < -0.4 is 10.6 Å². The molecule has 0 saturated carbocycles. The largest absolute Gasteiger partial charge is 0.379 e. The summed E-state index contributed by atoms with van der Waals surface area (Å²) in [6.07, 6.45) is 2.63. The fourth-order valence-corrected chi connectivity index (χ4v) is 4.42. The van der Waals surface area contributed by atoms with Crippen LogP contribution in [0.4, 0.5) is 0 Å². The minimum atomic E-state index is 0.159. The second kappa shape index (κ2) is 11.1. The quantitative estimate of drug-likeness (QED) is 0.551. The van der Waals surface area contributed by atoms with E-state index >= 15 is 0 Å². The Balaban J connectivity index is 1.44. The van der Waals surface area contributed by atoms with Crippen LogP contribution in [0.2, 0.25) is 0 Å². The van der Waals surface area contributed by atoms with Crippen LogP contribution in [-0.4, -0.2) is 63.5 Å². The average molecular weight is 417 g/mol. The lowest BCUT2D eigenvalue weighted by Crippen LogP contribution is -2.47. The number of hydrogen-bond donors (Lipinski definition) is 2. The van der Waals surface area contributed by atoms with Crippen LogP contribution in [-0.2, 0) is 22.6 Å². The molecule has 6 heteroatoms. The summed E-state index contributed by atoms with van der Waals surface area (Å²) in [4.78, 5) is 6.85. The van der Waals surface area contributed by atoms with E-state index in [1.54, 1.807) is 0 Å². The monoisotopic (exact) mass is 416 g/mol. The number of ether oxygens (including phenoxy) is 2. The van der Waals surface area contributed by atoms with E-state index in [4.69, 9.17) is 9.47 Å². The van der Waals surface area contributed by atoms with Gasteiger partial charge >= 0.3 is 0 Å². The predicted molar refractivity (Wildman–Crippen MR) is 123 cm³/mol. The molecule has 0 aromatic heterocycles. The average Bonchev–Trinajstić information content (AvgIpc) is 2.75. The van der Waals surface area contributed by atoms with Crippen LogP contribution in [0.1, 0.15) is 44.7 Å². The second-order valence-corrected chi connectivity index (χ2v) is 9.57. The highest BCUT2D eigenvalue weighted by molar-refractivity contribution is 5.79. The van der Waals surface area contributed by atoms with Crippen LogP contribution in [0.15, 0.2) is 29.3 Å². The Morgan fingerprint density at radius 3 is 2.43 bits per heavy atom. The molecule has 1 aromatic rings. The maximum Gasteiger partial charge on any atom is 0.191 e. The SMILES string of the molecule is CN=C(NCc1ccc(CN2CCOCC2)cc1)NCC1CCCOC1C(C)(C)C. The Bertz CT molecular complexity index is 663. The highest BCUT2D eigenvalue weighted by atomic mass is 16.5. The summed E-state index contributed by atoms with van der Waals surface area (Å²) in [5, 5.41) is 6.97. The number of morpholine rings is 1. The number of nitrogens with one attached hydrogen (secondary N) is 2. The molecule has 0 amide bonds. The molecule has 2 fully saturated rings. The molecule has 30 heavy (non-hydrogen) atoms. The van der Waals surface area contributed by atoms with Crippen molar-refractivity contribution in [1.29, 1.82) is 0 Å². The van der Waals surface area contributed by atoms with Gasteiger partial charge in [-0.1, -0.05) is 45.0 Å². The predicted octanol–water partition coefficient (Wildman–Crippen LogP) is 3.03. The summed E-state index contributed by atoms with van der Waals surface area (Å²) in [6, 6.07) is 8.88. The van der Waals surface area contributed by atoms with E-state index in [1.165, 1.54) is 17.5 Å². The molecule has 2 N–H and O–H groups in total. The van der Waals surface area contributed by atoms with Crippen molar-refractivity contribution in [1.82, 2.24) is 15.5 Å². The molecule has 1 aromatic carbocycles. The first kappa shape index (κ1) is 23.0. The highest BCUT2D eigenvalue weighted by Gasteiger charge is 2.35. The first-order chi connectivity index (χ1) is 14.5. The van der Waals surface area contributed by atoms with Crippen molar-refractivity contribution < 1.29 is 9.47 Å². The third-order valence-corrected chi connectivity index (χ3v) is 6.05. The Morgan fingerprint density at radius 2 is 1.77 bits per heavy atom. The van der Waals surface area contributed by atoms with E-state index < -0.39 is 0 Å². The van der Waals surface area contributed by atoms with Crippen LogP contribution in [0.3, 0.4) is 0 Å². The fraction of sp³-hybridized carbons (Fsp3) is 0.708. The minimum Gasteiger partial charge on any atom is -0.379 e. The van der Waals surface area contributed by atoms with Crippen LogP contribution in [0.25, 0.3) is 0 Å². The van der Waals surface area contributed by atoms with Crippen molar-refractivity contribution in [2.45, 2.75) is 52.8 Å². The van der Waals surface area contributed by atoms with Gasteiger partial charge in [0.15, 0.2) is 5.96 Å². The lowest BCUT2D eigenvalue weighted by atomic mass is 9.78. The van der Waals surface area contributed by atoms with Gasteiger partial charge in [-0.25, -0.2) is 0 Å². The van der Waals surface area contributed by atoms with Gasteiger partial charge in [0.25, 0.3) is 0 Å². The van der Waals surface area contributed by atoms with Gasteiger partial charge in [-0.15, -0.1) is 0 Å². The molecule has 2 unspecified atom stereocenters. The second-order valence-electron chi connectivity index (χ2n) is 9.57. The third-order valence-electron chi connectivity index (χ3n) is 6.05. The standard InChI is InChI=1S/C24H40N4O2/c1-24(2,3)22-21(6-5-13-30-22)17-27-23(25-4)26-16-19-7-9-20(10-8-19)18-28-11-14-29-15-12-28/h7-10,21-22H,5-6,11-18H2,1-4H3,(H2,25,26,27). The first-order valence-corrected chi connectivity index (χ1v) is 11.4. The molecule has 2 aliphatic heterocycles. The van der Waals surface area contributed by atoms with E-state index in [0.717, 1.165) is 64.9 Å². The molecule has 0 spiro atoms. The molecule has 2 heterocycles. The van der Waals surface area contributed by atoms with Crippen molar-refractivity contribution in [2.24, 2.45) is 16.3 Å². The highest BCUT2D eigenvalue weighted by Crippen LogP contribution is 2.33. The lowest BCUT2D eigenvalue weighted by molar-refractivity contribution is -0.0835. The summed E-state index contributed by atoms with van der Waals surface area (Å²) in [6.45, 7) is 14.1. The summed E-state index contributed by atoms with van der Waals surface area (Å²) in [5.74, 6) is 1.36. The van der Waals surface area contributed by atoms with Crippen LogP contribution in [0.5, 0.6) is 0 Å². The lowest BCUT2D eigenvalue weighted by Gasteiger charge is -2.40. The minimum absolute atomic E-state index is 0.159. The number of aliphatic imine (C=N–C) groups is 1. The Morgan fingerprint density at radius 1 is 1.07 bits per heavy atom. The smallest absolute Gasteiger partial charge is 0.191 e. The number of rotatable bonds is 6. The number of benzene rings is 1. The molecule has 2 atom stereocenters. The van der Waals surface area contributed by atoms with Crippen LogP contribution in [0, 0.1) is 11.3 Å². The molecule has 0 radical (unpaired) electrons. The van der Waals surface area contributed by atoms with Gasteiger partial charge in [-0.05, 0) is 29.4 Å². The third kappa shape index (κ3) is 6.96. The van der Waals surface area contributed by atoms with Crippen molar-refractivity contribution >= 4 is 5.96 Å². The molecule has 0 bridgehead atoms. The molecule has 168 valence electrons. The summed E-state index contributed by atoms with van der Waals surface area (Å²) >= 11 is 0. The van der Waals surface area contributed by atoms with Gasteiger partial charge in [-0.2, -0.15) is 0 Å². The summed E-state index contributed by atoms with van der Waals surface area (Å²) < 4.78 is 11.5. The van der Waals surface area contributed by atoms with Gasteiger partial charge < -0.3 is 20.1 Å². The fourth-order valence-electron chi connectivity index (χ4n) is 4.42.